The van der Waals surface area contributed by atoms with Gasteiger partial charge in [-0.25, -0.2) is 0 Å². The van der Waals surface area contributed by atoms with Crippen molar-refractivity contribution in [1.29, 1.82) is 0 Å². The van der Waals surface area contributed by atoms with Crippen LogP contribution in [0.15, 0.2) is 138 Å². The first-order valence-electron chi connectivity index (χ1n) is 15.7. The summed E-state index contributed by atoms with van der Waals surface area (Å²) in [6.07, 6.45) is 0. The van der Waals surface area contributed by atoms with Crippen molar-refractivity contribution in [1.82, 2.24) is 9.97 Å². The smallest absolute Gasteiger partial charge is 0.283 e. The summed E-state index contributed by atoms with van der Waals surface area (Å²) < 4.78 is 3.18. The molecule has 2 aromatic heterocycles. The largest absolute Gasteiger partial charge is 0.353 e. The molecule has 0 spiro atoms. The summed E-state index contributed by atoms with van der Waals surface area (Å²) in [5.41, 5.74) is 1.33. The first-order valence-corrected chi connectivity index (χ1v) is 18.9. The van der Waals surface area contributed by atoms with Gasteiger partial charge in [0.2, 0.25) is 0 Å². The lowest BCUT2D eigenvalue weighted by molar-refractivity contribution is -0.387. The van der Waals surface area contributed by atoms with Gasteiger partial charge in [0.25, 0.3) is 11.4 Å². The minimum atomic E-state index is -0.469. The molecule has 2 N–H and O–H groups in total. The van der Waals surface area contributed by atoms with Crippen LogP contribution in [0.5, 0.6) is 0 Å². The summed E-state index contributed by atoms with van der Waals surface area (Å²) in [5, 5.41) is 24.7. The molecule has 0 aliphatic rings. The van der Waals surface area contributed by atoms with Crippen molar-refractivity contribution in [3.63, 3.8) is 0 Å². The van der Waals surface area contributed by atoms with E-state index >= 15 is 9.59 Å². The lowest BCUT2D eigenvalue weighted by atomic mass is 10.00. The third-order valence-corrected chi connectivity index (χ3v) is 13.2. The molecule has 252 valence electrons. The van der Waals surface area contributed by atoms with Crippen molar-refractivity contribution in [3.8, 4) is 0 Å². The normalized spacial score (nSPS) is 11.7. The Hall–Kier alpha value is -5.80. The highest BCUT2D eigenvalue weighted by Crippen LogP contribution is 2.44. The molecule has 0 atom stereocenters. The molecular weight excluding hydrogens is 737 g/mol. The van der Waals surface area contributed by atoms with Crippen LogP contribution in [0.1, 0.15) is 0 Å². The summed E-state index contributed by atoms with van der Waals surface area (Å²) in [7, 11) is 0. The van der Waals surface area contributed by atoms with Gasteiger partial charge in [0.15, 0.2) is 10.9 Å². The number of aromatic nitrogens is 2. The molecule has 9 rings (SSSR count). The second kappa shape index (κ2) is 12.5. The van der Waals surface area contributed by atoms with E-state index in [9.17, 15) is 20.2 Å². The minimum absolute atomic E-state index is 0.125. The van der Waals surface area contributed by atoms with Gasteiger partial charge in [-0.1, -0.05) is 72.1 Å². The van der Waals surface area contributed by atoms with Gasteiger partial charge >= 0.3 is 0 Å². The van der Waals surface area contributed by atoms with Gasteiger partial charge in [-0.05, 0) is 48.5 Å². The van der Waals surface area contributed by atoms with E-state index in [4.69, 9.17) is 0 Å². The van der Waals surface area contributed by atoms with Crippen LogP contribution in [0.2, 0.25) is 0 Å². The second-order valence-corrected chi connectivity index (χ2v) is 16.1. The lowest BCUT2D eigenvalue weighted by Gasteiger charge is -2.15. The summed E-state index contributed by atoms with van der Waals surface area (Å²) in [6, 6.07) is 31.5. The molecule has 0 radical (unpaired) electrons. The minimum Gasteiger partial charge on any atom is -0.353 e. The monoisotopic (exact) mass is 756 g/mol. The van der Waals surface area contributed by atoms with Gasteiger partial charge in [-0.3, -0.25) is 29.8 Å². The van der Waals surface area contributed by atoms with Crippen molar-refractivity contribution < 1.29 is 9.85 Å². The molecular formula is C38H20N4O6S4. The van der Waals surface area contributed by atoms with E-state index in [0.717, 1.165) is 44.0 Å². The van der Waals surface area contributed by atoms with Crippen LogP contribution >= 0.6 is 46.2 Å². The van der Waals surface area contributed by atoms with Crippen molar-refractivity contribution >= 4 is 120 Å². The summed E-state index contributed by atoms with van der Waals surface area (Å²) in [4.78, 5) is 62.0. The molecule has 9 aromatic rings. The number of hydrogen-bond acceptors (Lipinski definition) is 10. The van der Waals surface area contributed by atoms with Crippen LogP contribution in [0.4, 0.5) is 11.4 Å². The third-order valence-electron chi connectivity index (χ3n) is 8.72. The van der Waals surface area contributed by atoms with E-state index in [1.165, 1.54) is 34.8 Å². The van der Waals surface area contributed by atoms with Gasteiger partial charge in [0.05, 0.1) is 71.3 Å². The van der Waals surface area contributed by atoms with Crippen molar-refractivity contribution in [2.24, 2.45) is 0 Å². The van der Waals surface area contributed by atoms with Crippen LogP contribution in [0.25, 0.3) is 62.4 Å². The zero-order chi connectivity index (χ0) is 35.7. The maximum absolute atomic E-state index is 15.3. The zero-order valence-corrected chi connectivity index (χ0v) is 29.6. The van der Waals surface area contributed by atoms with E-state index in [1.54, 1.807) is 36.4 Å². The predicted octanol–water partition coefficient (Wildman–Crippen LogP) is 10.8. The molecule has 0 aliphatic heterocycles. The number of fused-ring (bicyclic) bond motifs is 8. The van der Waals surface area contributed by atoms with Crippen molar-refractivity contribution in [3.05, 3.63) is 150 Å². The van der Waals surface area contributed by atoms with E-state index in [-0.39, 0.29) is 32.9 Å². The van der Waals surface area contributed by atoms with E-state index in [1.807, 2.05) is 60.7 Å². The molecule has 0 saturated heterocycles. The molecule has 0 saturated carbocycles. The predicted molar refractivity (Wildman–Crippen MR) is 212 cm³/mol. The van der Waals surface area contributed by atoms with Gasteiger partial charge < -0.3 is 9.97 Å². The maximum Gasteiger partial charge on any atom is 0.283 e. The van der Waals surface area contributed by atoms with E-state index < -0.39 is 20.7 Å². The molecule has 0 bridgehead atoms. The first kappa shape index (κ1) is 32.1. The van der Waals surface area contributed by atoms with E-state index in [0.29, 0.717) is 40.0 Å². The number of benzene rings is 7. The number of rotatable bonds is 6. The molecule has 52 heavy (non-hydrogen) atoms. The number of nitrogens with one attached hydrogen (secondary N) is 2. The summed E-state index contributed by atoms with van der Waals surface area (Å²) >= 11 is 5.00. The first-order chi connectivity index (χ1) is 25.3. The number of nitro groups is 2. The number of hydrogen-bond donors (Lipinski definition) is 2. The fourth-order valence-electron chi connectivity index (χ4n) is 6.44. The average molecular weight is 757 g/mol. The van der Waals surface area contributed by atoms with Crippen molar-refractivity contribution in [2.75, 3.05) is 0 Å². The Balaban J connectivity index is 1.48. The van der Waals surface area contributed by atoms with Crippen LogP contribution in [0, 0.1) is 20.2 Å². The maximum atomic E-state index is 15.3. The quantitative estimate of drug-likeness (QED) is 0.0736. The topological polar surface area (TPSA) is 152 Å². The third kappa shape index (κ3) is 5.18. The van der Waals surface area contributed by atoms with Gasteiger partial charge in [0, 0.05) is 32.7 Å². The summed E-state index contributed by atoms with van der Waals surface area (Å²) in [5.74, 6) is 0. The van der Waals surface area contributed by atoms with Crippen LogP contribution in [-0.2, 0) is 0 Å². The fraction of sp³-hybridized carbons (Fsp3) is 0. The number of nitrogens with zero attached hydrogens (tertiary/aromatic N) is 2. The van der Waals surface area contributed by atoms with Gasteiger partial charge in [-0.15, -0.1) is 22.7 Å². The molecule has 14 heteroatoms. The molecule has 0 unspecified atom stereocenters. The standard InChI is InChI=1S/C38H20N4O6S4/c43-37-32-28(52-26-16-8-4-12-22(26)42(47)48)18-30-36(40-20-10-2-6-14-24(20)50-30)34(32)38(44)31-27(51-25-15-7-3-11-21(25)41(45)46)17-29-35(33(31)37)39-19-9-1-5-13-23(19)49-29/h1-18,39-40H. The molecule has 10 nitrogen and oxygen atoms in total. The summed E-state index contributed by atoms with van der Waals surface area (Å²) in [6.45, 7) is 0. The Morgan fingerprint density at radius 1 is 0.481 bits per heavy atom. The zero-order valence-electron chi connectivity index (χ0n) is 26.4. The second-order valence-electron chi connectivity index (χ2n) is 11.8. The molecule has 0 fully saturated rings. The van der Waals surface area contributed by atoms with Crippen LogP contribution in [0.3, 0.4) is 0 Å². The molecule has 7 aromatic carbocycles. The Morgan fingerprint density at radius 3 is 1.29 bits per heavy atom. The van der Waals surface area contributed by atoms with Gasteiger partial charge in [0.1, 0.15) is 0 Å². The highest BCUT2D eigenvalue weighted by molar-refractivity contribution is 8.00. The number of para-hydroxylation sites is 4. The van der Waals surface area contributed by atoms with Crippen LogP contribution < -0.4 is 10.9 Å². The Bertz CT molecular complexity index is 2950. The number of nitro benzene ring substituents is 2. The number of H-pyrrole nitrogens is 2. The van der Waals surface area contributed by atoms with E-state index in [2.05, 4.69) is 9.97 Å². The van der Waals surface area contributed by atoms with Crippen molar-refractivity contribution in [2.45, 2.75) is 19.6 Å². The molecule has 2 heterocycles. The molecule has 0 aliphatic carbocycles. The Morgan fingerprint density at radius 2 is 0.865 bits per heavy atom. The van der Waals surface area contributed by atoms with Gasteiger partial charge in [-0.2, -0.15) is 0 Å². The Kier molecular flexibility index (Phi) is 7.70. The molecule has 0 amide bonds. The fourth-order valence-corrected chi connectivity index (χ4v) is 10.9. The average Bonchev–Trinajstić information content (AvgIpc) is 3.15. The number of aromatic amines is 2. The lowest BCUT2D eigenvalue weighted by Crippen LogP contribution is -2.16. The highest BCUT2D eigenvalue weighted by Gasteiger charge is 2.26. The van der Waals surface area contributed by atoms with Crippen LogP contribution in [-0.4, -0.2) is 19.8 Å². The Labute approximate surface area is 307 Å². The highest BCUT2D eigenvalue weighted by atomic mass is 32.2. The SMILES string of the molecule is O=c1c2c(Sc3ccccc3[N+](=O)[O-])cc3sc4ccccc4[nH]c3c2c(=O)c2c(Sc3ccccc3[N+](=O)[O-])cc3sc4ccccc4[nH]c3c12.